The monoisotopic (exact) mass is 277 g/mol. The second-order valence-corrected chi connectivity index (χ2v) is 6.13. The molecule has 5 nitrogen and oxygen atoms in total. The predicted octanol–water partition coefficient (Wildman–Crippen LogP) is 2.31. The van der Waals surface area contributed by atoms with Crippen LogP contribution >= 0.6 is 0 Å². The van der Waals surface area contributed by atoms with E-state index in [0.717, 1.165) is 11.3 Å². The Morgan fingerprint density at radius 1 is 1.35 bits per heavy atom. The summed E-state index contributed by atoms with van der Waals surface area (Å²) in [5.41, 5.74) is 0.483. The van der Waals surface area contributed by atoms with Crippen molar-refractivity contribution in [3.05, 3.63) is 29.3 Å². The molecule has 1 unspecified atom stereocenters. The Labute approximate surface area is 117 Å². The van der Waals surface area contributed by atoms with E-state index in [1.54, 1.807) is 18.2 Å². The fourth-order valence-electron chi connectivity index (χ4n) is 2.57. The standard InChI is InChI=1S/C15H19NO4/c1-14(2,3)15(13(18)19)8-10-7-9(12(17)20-4)5-6-11(10)16-15/h5-7,16H,8H2,1-4H3,(H,18,19). The van der Waals surface area contributed by atoms with Crippen LogP contribution in [0, 0.1) is 5.41 Å². The van der Waals surface area contributed by atoms with Crippen molar-refractivity contribution >= 4 is 17.6 Å². The number of hydrogen-bond acceptors (Lipinski definition) is 4. The molecule has 0 bridgehead atoms. The Morgan fingerprint density at radius 2 is 2.00 bits per heavy atom. The number of esters is 1. The number of ether oxygens (including phenoxy) is 1. The minimum Gasteiger partial charge on any atom is -0.479 e. The van der Waals surface area contributed by atoms with Crippen LogP contribution in [-0.2, 0) is 16.0 Å². The summed E-state index contributed by atoms with van der Waals surface area (Å²) in [7, 11) is 1.32. The molecule has 2 N–H and O–H groups in total. The minimum absolute atomic E-state index is 0.339. The number of anilines is 1. The molecule has 0 saturated carbocycles. The quantitative estimate of drug-likeness (QED) is 0.811. The second-order valence-electron chi connectivity index (χ2n) is 6.13. The van der Waals surface area contributed by atoms with Crippen molar-refractivity contribution in [1.82, 2.24) is 0 Å². The Balaban J connectivity index is 2.44. The number of aliphatic carboxylic acids is 1. The Bertz CT molecular complexity index is 574. The van der Waals surface area contributed by atoms with Crippen molar-refractivity contribution in [3.8, 4) is 0 Å². The zero-order chi connectivity index (χ0) is 15.1. The third-order valence-electron chi connectivity index (χ3n) is 3.98. The molecule has 1 aliphatic heterocycles. The smallest absolute Gasteiger partial charge is 0.337 e. The predicted molar refractivity (Wildman–Crippen MR) is 74.9 cm³/mol. The van der Waals surface area contributed by atoms with E-state index in [-0.39, 0.29) is 0 Å². The van der Waals surface area contributed by atoms with E-state index in [1.165, 1.54) is 7.11 Å². The molecule has 1 aliphatic rings. The molecule has 0 fully saturated rings. The molecule has 20 heavy (non-hydrogen) atoms. The molecular formula is C15H19NO4. The average Bonchev–Trinajstić information content (AvgIpc) is 2.76. The van der Waals surface area contributed by atoms with Gasteiger partial charge in [-0.1, -0.05) is 20.8 Å². The number of carbonyl (C=O) groups is 2. The SMILES string of the molecule is COC(=O)c1ccc2c(c1)CC(C(=O)O)(C(C)(C)C)N2. The topological polar surface area (TPSA) is 75.6 Å². The number of benzene rings is 1. The number of hydrogen-bond donors (Lipinski definition) is 2. The number of fused-ring (bicyclic) bond motifs is 1. The summed E-state index contributed by atoms with van der Waals surface area (Å²) >= 11 is 0. The summed E-state index contributed by atoms with van der Waals surface area (Å²) in [6.45, 7) is 5.67. The zero-order valence-corrected chi connectivity index (χ0v) is 12.1. The van der Waals surface area contributed by atoms with Crippen LogP contribution in [0.1, 0.15) is 36.7 Å². The molecule has 2 rings (SSSR count). The molecule has 0 saturated heterocycles. The van der Waals surface area contributed by atoms with Crippen LogP contribution in [0.15, 0.2) is 18.2 Å². The highest BCUT2D eigenvalue weighted by molar-refractivity contribution is 5.92. The molecule has 0 amide bonds. The molecule has 0 spiro atoms. The van der Waals surface area contributed by atoms with Gasteiger partial charge in [-0.3, -0.25) is 0 Å². The highest BCUT2D eigenvalue weighted by Crippen LogP contribution is 2.43. The molecular weight excluding hydrogens is 258 g/mol. The van der Waals surface area contributed by atoms with Crippen molar-refractivity contribution in [2.75, 3.05) is 12.4 Å². The summed E-state index contributed by atoms with van der Waals surface area (Å²) in [5, 5.41) is 12.8. The fourth-order valence-corrected chi connectivity index (χ4v) is 2.57. The van der Waals surface area contributed by atoms with Crippen molar-refractivity contribution in [2.24, 2.45) is 5.41 Å². The normalized spacial score (nSPS) is 21.0. The van der Waals surface area contributed by atoms with Gasteiger partial charge in [0.25, 0.3) is 0 Å². The van der Waals surface area contributed by atoms with Crippen molar-refractivity contribution in [3.63, 3.8) is 0 Å². The van der Waals surface area contributed by atoms with Crippen LogP contribution < -0.4 is 5.32 Å². The summed E-state index contributed by atoms with van der Waals surface area (Å²) in [5.74, 6) is -1.31. The van der Waals surface area contributed by atoms with Gasteiger partial charge in [0.2, 0.25) is 0 Å². The van der Waals surface area contributed by atoms with Gasteiger partial charge in [0, 0.05) is 12.1 Å². The molecule has 1 aromatic rings. The van der Waals surface area contributed by atoms with Gasteiger partial charge in [-0.05, 0) is 29.2 Å². The van der Waals surface area contributed by atoms with Crippen LogP contribution in [0.3, 0.4) is 0 Å². The van der Waals surface area contributed by atoms with Gasteiger partial charge >= 0.3 is 11.9 Å². The molecule has 1 aromatic carbocycles. The number of rotatable bonds is 2. The zero-order valence-electron chi connectivity index (χ0n) is 12.1. The third kappa shape index (κ3) is 2.03. The van der Waals surface area contributed by atoms with Gasteiger partial charge in [-0.2, -0.15) is 0 Å². The van der Waals surface area contributed by atoms with Gasteiger partial charge in [0.05, 0.1) is 12.7 Å². The summed E-state index contributed by atoms with van der Waals surface area (Å²) < 4.78 is 4.69. The van der Waals surface area contributed by atoms with E-state index in [4.69, 9.17) is 0 Å². The van der Waals surface area contributed by atoms with Crippen molar-refractivity contribution in [1.29, 1.82) is 0 Å². The van der Waals surface area contributed by atoms with E-state index in [1.807, 2.05) is 20.8 Å². The minimum atomic E-state index is -1.07. The Morgan fingerprint density at radius 3 is 2.50 bits per heavy atom. The fraction of sp³-hybridized carbons (Fsp3) is 0.467. The first-order valence-electron chi connectivity index (χ1n) is 6.44. The second kappa shape index (κ2) is 4.51. The maximum Gasteiger partial charge on any atom is 0.337 e. The number of nitrogens with one attached hydrogen (secondary N) is 1. The van der Waals surface area contributed by atoms with Crippen LogP contribution in [-0.4, -0.2) is 29.7 Å². The number of methoxy groups -OCH3 is 1. The van der Waals surface area contributed by atoms with Crippen LogP contribution in [0.2, 0.25) is 0 Å². The molecule has 0 aromatic heterocycles. The molecule has 0 radical (unpaired) electrons. The van der Waals surface area contributed by atoms with E-state index in [2.05, 4.69) is 10.1 Å². The van der Waals surface area contributed by atoms with Crippen molar-refractivity contribution < 1.29 is 19.4 Å². The maximum absolute atomic E-state index is 11.8. The summed E-state index contributed by atoms with van der Waals surface area (Å²) in [6, 6.07) is 5.07. The van der Waals surface area contributed by atoms with Gasteiger partial charge in [0.1, 0.15) is 5.54 Å². The van der Waals surface area contributed by atoms with Gasteiger partial charge in [-0.15, -0.1) is 0 Å². The lowest BCUT2D eigenvalue weighted by atomic mass is 9.72. The average molecular weight is 277 g/mol. The number of carboxylic acid groups (broad SMARTS) is 1. The van der Waals surface area contributed by atoms with Crippen LogP contribution in [0.5, 0.6) is 0 Å². The van der Waals surface area contributed by atoms with Gasteiger partial charge < -0.3 is 15.2 Å². The first-order chi connectivity index (χ1) is 9.21. The molecule has 1 atom stereocenters. The van der Waals surface area contributed by atoms with Gasteiger partial charge in [-0.25, -0.2) is 9.59 Å². The Hall–Kier alpha value is -2.04. The number of carbonyl (C=O) groups excluding carboxylic acids is 1. The lowest BCUT2D eigenvalue weighted by Crippen LogP contribution is -2.55. The highest BCUT2D eigenvalue weighted by atomic mass is 16.5. The summed E-state index contributed by atoms with van der Waals surface area (Å²) in [4.78, 5) is 23.3. The molecule has 0 aliphatic carbocycles. The molecule has 1 heterocycles. The van der Waals surface area contributed by atoms with E-state index in [0.29, 0.717) is 12.0 Å². The van der Waals surface area contributed by atoms with Gasteiger partial charge in [0.15, 0.2) is 0 Å². The number of carboxylic acids is 1. The lowest BCUT2D eigenvalue weighted by molar-refractivity contribution is -0.146. The Kier molecular flexibility index (Phi) is 3.24. The summed E-state index contributed by atoms with van der Waals surface area (Å²) in [6.07, 6.45) is 0.339. The maximum atomic E-state index is 11.8. The van der Waals surface area contributed by atoms with E-state index >= 15 is 0 Å². The first kappa shape index (κ1) is 14.4. The molecule has 108 valence electrons. The molecule has 5 heteroatoms. The van der Waals surface area contributed by atoms with Crippen molar-refractivity contribution in [2.45, 2.75) is 32.7 Å². The van der Waals surface area contributed by atoms with Crippen LogP contribution in [0.25, 0.3) is 0 Å². The van der Waals surface area contributed by atoms with E-state index < -0.39 is 22.9 Å². The first-order valence-corrected chi connectivity index (χ1v) is 6.44. The van der Waals surface area contributed by atoms with E-state index in [9.17, 15) is 14.7 Å². The van der Waals surface area contributed by atoms with Crippen LogP contribution in [0.4, 0.5) is 5.69 Å². The third-order valence-corrected chi connectivity index (χ3v) is 3.98. The highest BCUT2D eigenvalue weighted by Gasteiger charge is 2.52. The lowest BCUT2D eigenvalue weighted by Gasteiger charge is -2.38. The largest absolute Gasteiger partial charge is 0.479 e.